The second kappa shape index (κ2) is 17.6. The number of fused-ring (bicyclic) bond motifs is 10. The number of aromatic hydroxyl groups is 2. The molecule has 0 bridgehead atoms. The van der Waals surface area contributed by atoms with Gasteiger partial charge in [-0.3, -0.25) is 13.7 Å². The minimum atomic E-state index is -3.60. The van der Waals surface area contributed by atoms with Crippen molar-refractivity contribution in [1.82, 2.24) is 0 Å². The third-order valence-corrected chi connectivity index (χ3v) is 18.8. The number of benzene rings is 9. The third-order valence-electron chi connectivity index (χ3n) is 12.0. The van der Waals surface area contributed by atoms with Crippen LogP contribution in [0.3, 0.4) is 0 Å². The van der Waals surface area contributed by atoms with Crippen LogP contribution in [0, 0.1) is 0 Å². The molecule has 0 saturated carbocycles. The van der Waals surface area contributed by atoms with Gasteiger partial charge in [0.2, 0.25) is 0 Å². The molecule has 2 N–H and O–H groups in total. The first-order valence-electron chi connectivity index (χ1n) is 21.6. The fourth-order valence-corrected chi connectivity index (χ4v) is 15.2. The summed E-state index contributed by atoms with van der Waals surface area (Å²) in [5.74, 6) is 2.73. The topological polar surface area (TPSA) is 138 Å². The van der Waals surface area contributed by atoms with Crippen LogP contribution < -0.4 is 49.6 Å². The van der Waals surface area contributed by atoms with Gasteiger partial charge in [0.15, 0.2) is 0 Å². The van der Waals surface area contributed by atoms with Gasteiger partial charge in [-0.15, -0.1) is 0 Å². The Kier molecular flexibility index (Phi) is 11.5. The van der Waals surface area contributed by atoms with E-state index in [0.29, 0.717) is 44.7 Å². The maximum absolute atomic E-state index is 14.3. The van der Waals surface area contributed by atoms with Crippen LogP contribution in [0.25, 0.3) is 44.2 Å². The lowest BCUT2D eigenvalue weighted by molar-refractivity contribution is 0.412. The summed E-state index contributed by atoms with van der Waals surface area (Å²) in [5, 5.41) is 25.1. The zero-order valence-corrected chi connectivity index (χ0v) is 39.7. The number of methoxy groups -OCH3 is 2. The van der Waals surface area contributed by atoms with Crippen LogP contribution in [-0.2, 0) is 13.7 Å². The second-order valence-electron chi connectivity index (χ2n) is 16.1. The van der Waals surface area contributed by atoms with E-state index >= 15 is 0 Å². The van der Waals surface area contributed by atoms with E-state index in [1.54, 1.807) is 62.3 Å². The van der Waals surface area contributed by atoms with E-state index in [9.17, 15) is 23.9 Å². The first-order chi connectivity index (χ1) is 32.9. The van der Waals surface area contributed by atoms with Crippen molar-refractivity contribution in [3.05, 3.63) is 194 Å². The Morgan fingerprint density at radius 2 is 0.809 bits per heavy atom. The molecule has 12 rings (SSSR count). The molecule has 13 heteroatoms. The highest BCUT2D eigenvalue weighted by atomic mass is 31.2. The number of hydrogen-bond donors (Lipinski definition) is 2. The Morgan fingerprint density at radius 3 is 1.32 bits per heavy atom. The van der Waals surface area contributed by atoms with Gasteiger partial charge in [0.05, 0.1) is 40.7 Å². The number of ether oxygens (including phenoxy) is 2. The summed E-state index contributed by atoms with van der Waals surface area (Å²) in [7, 11) is -6.72. The van der Waals surface area contributed by atoms with Crippen LogP contribution in [-0.4, -0.2) is 31.1 Å². The van der Waals surface area contributed by atoms with Gasteiger partial charge in [-0.05, 0) is 77.4 Å². The lowest BCUT2D eigenvalue weighted by atomic mass is 10.0. The van der Waals surface area contributed by atoms with Crippen molar-refractivity contribution >= 4 is 59.4 Å². The van der Waals surface area contributed by atoms with Gasteiger partial charge in [0.1, 0.15) is 40.2 Å². The fourth-order valence-electron chi connectivity index (χ4n) is 8.82. The molecule has 3 aliphatic rings. The normalized spacial score (nSPS) is 18.8. The molecule has 3 aliphatic heterocycles. The van der Waals surface area contributed by atoms with Gasteiger partial charge < -0.3 is 33.3 Å². The minimum Gasteiger partial charge on any atom is -0.507 e. The maximum Gasteiger partial charge on any atom is 0.311 e. The molecule has 0 spiro atoms. The summed E-state index contributed by atoms with van der Waals surface area (Å²) in [6.07, 6.45) is 0. The van der Waals surface area contributed by atoms with E-state index in [4.69, 9.17) is 23.0 Å². The van der Waals surface area contributed by atoms with Crippen LogP contribution >= 0.6 is 22.1 Å². The van der Waals surface area contributed by atoms with Crippen molar-refractivity contribution in [2.45, 2.75) is 0 Å². The number of rotatable bonds is 4. The Morgan fingerprint density at radius 1 is 0.397 bits per heavy atom. The van der Waals surface area contributed by atoms with Crippen LogP contribution in [0.2, 0.25) is 0 Å². The molecular formula is C55H43O10P3. The van der Waals surface area contributed by atoms with Gasteiger partial charge in [-0.2, -0.15) is 0 Å². The highest BCUT2D eigenvalue weighted by molar-refractivity contribution is 7.75. The second-order valence-corrected chi connectivity index (χ2v) is 23.0. The average molecular weight is 957 g/mol. The third kappa shape index (κ3) is 7.61. The van der Waals surface area contributed by atoms with Crippen molar-refractivity contribution in [2.24, 2.45) is 0 Å². The largest absolute Gasteiger partial charge is 0.507 e. The van der Waals surface area contributed by atoms with Crippen molar-refractivity contribution < 1.29 is 47.0 Å². The molecule has 3 atom stereocenters. The molecule has 0 amide bonds. The molecule has 0 fully saturated rings. The van der Waals surface area contributed by atoms with E-state index in [1.165, 1.54) is 13.2 Å². The molecular weight excluding hydrogens is 914 g/mol. The van der Waals surface area contributed by atoms with Crippen LogP contribution in [0.5, 0.6) is 40.2 Å². The van der Waals surface area contributed by atoms with Crippen LogP contribution in [0.4, 0.5) is 0 Å². The fraction of sp³-hybridized carbons (Fsp3) is 0.0545. The molecule has 10 nitrogen and oxygen atoms in total. The van der Waals surface area contributed by atoms with Gasteiger partial charge in [-0.1, -0.05) is 133 Å². The monoisotopic (exact) mass is 956 g/mol. The summed E-state index contributed by atoms with van der Waals surface area (Å²) < 4.78 is 69.0. The number of hydrogen-bond acceptors (Lipinski definition) is 10. The quantitative estimate of drug-likeness (QED) is 0.164. The average Bonchev–Trinajstić information content (AvgIpc) is 3.37. The Labute approximate surface area is 393 Å². The molecule has 0 saturated heterocycles. The Balaban J connectivity index is 0.000000123. The number of para-hydroxylation sites is 3. The first-order valence-corrected chi connectivity index (χ1v) is 26.9. The highest BCUT2D eigenvalue weighted by Gasteiger charge is 2.42. The van der Waals surface area contributed by atoms with E-state index < -0.39 is 22.1 Å². The summed E-state index contributed by atoms with van der Waals surface area (Å²) >= 11 is 0. The maximum atomic E-state index is 14.3. The highest BCUT2D eigenvalue weighted by Crippen LogP contribution is 2.58. The van der Waals surface area contributed by atoms with E-state index in [1.807, 2.05) is 140 Å². The molecule has 3 heterocycles. The molecule has 338 valence electrons. The van der Waals surface area contributed by atoms with E-state index in [-0.39, 0.29) is 22.1 Å². The molecule has 0 aromatic heterocycles. The lowest BCUT2D eigenvalue weighted by Crippen LogP contribution is -2.25. The smallest absolute Gasteiger partial charge is 0.311 e. The van der Waals surface area contributed by atoms with Crippen LogP contribution in [0.15, 0.2) is 194 Å². The summed E-state index contributed by atoms with van der Waals surface area (Å²) in [5.41, 5.74) is 5.52. The standard InChI is InChI=1S/C23H17O4P.C19H15O4P.C13H11O2P/c1-26-20-14-22(23(24)18-11-3-2-9-16(18)20)28(25)21-13-7-5-10-17(21)15-8-4-6-12-19(15)27-28;1-22-13-10-11-16(20)19(12-13)24(21)18-9-5-3-7-15(18)14-6-2-4-8-17(14)23-24;1-16(14)13-9-5-3-7-11(13)10-6-2-4-8-12(10)15-16/h2-14,24H,1H3;2-12,20H,1H3;2-9H,1H3. The molecule has 0 aliphatic carbocycles. The molecule has 9 aromatic carbocycles. The predicted molar refractivity (Wildman–Crippen MR) is 271 cm³/mol. The summed E-state index contributed by atoms with van der Waals surface area (Å²) in [4.78, 5) is 0. The first kappa shape index (κ1) is 44.4. The molecule has 68 heavy (non-hydrogen) atoms. The molecule has 3 unspecified atom stereocenters. The zero-order valence-electron chi connectivity index (χ0n) is 37.0. The van der Waals surface area contributed by atoms with Crippen molar-refractivity contribution in [3.63, 3.8) is 0 Å². The predicted octanol–water partition coefficient (Wildman–Crippen LogP) is 11.8. The minimum absolute atomic E-state index is 0.0473. The van der Waals surface area contributed by atoms with E-state index in [2.05, 4.69) is 0 Å². The van der Waals surface area contributed by atoms with Crippen molar-refractivity contribution in [2.75, 3.05) is 20.9 Å². The lowest BCUT2D eigenvalue weighted by Gasteiger charge is -2.29. The van der Waals surface area contributed by atoms with Gasteiger partial charge in [-0.25, -0.2) is 0 Å². The van der Waals surface area contributed by atoms with Crippen molar-refractivity contribution in [1.29, 1.82) is 0 Å². The molecule has 9 aromatic rings. The van der Waals surface area contributed by atoms with Crippen LogP contribution in [0.1, 0.15) is 0 Å². The van der Waals surface area contributed by atoms with Crippen molar-refractivity contribution in [3.8, 4) is 73.6 Å². The summed E-state index contributed by atoms with van der Waals surface area (Å²) in [6, 6.07) is 58.9. The molecule has 0 radical (unpaired) electrons. The van der Waals surface area contributed by atoms with Gasteiger partial charge in [0.25, 0.3) is 7.37 Å². The Hall–Kier alpha value is -7.47. The summed E-state index contributed by atoms with van der Waals surface area (Å²) in [6.45, 7) is 1.67. The zero-order chi connectivity index (χ0) is 47.2. The van der Waals surface area contributed by atoms with Gasteiger partial charge >= 0.3 is 14.7 Å². The SMILES string of the molecule is COc1cc(P2(=O)Oc3ccccc3-c3ccccc32)c(O)c2ccccc12.COc1ccc(O)c(P2(=O)Oc3ccccc3-c3ccccc32)c1.CP1(=O)Oc2ccccc2-c2ccccc21. The Bertz CT molecular complexity index is 3590. The number of phenolic OH excluding ortho intramolecular Hbond substituents is 2. The van der Waals surface area contributed by atoms with Gasteiger partial charge in [0, 0.05) is 34.1 Å². The number of phenols is 2. The van der Waals surface area contributed by atoms with E-state index in [0.717, 1.165) is 44.1 Å².